The van der Waals surface area contributed by atoms with E-state index in [2.05, 4.69) is 10.1 Å². The van der Waals surface area contributed by atoms with E-state index in [1.54, 1.807) is 0 Å². The number of rotatable bonds is 8. The van der Waals surface area contributed by atoms with Gasteiger partial charge in [0, 0.05) is 0 Å². The van der Waals surface area contributed by atoms with Crippen molar-refractivity contribution in [2.24, 2.45) is 5.73 Å². The van der Waals surface area contributed by atoms with Crippen molar-refractivity contribution in [1.29, 1.82) is 0 Å². The van der Waals surface area contributed by atoms with Crippen LogP contribution >= 0.6 is 0 Å². The van der Waals surface area contributed by atoms with Gasteiger partial charge in [0.05, 0.1) is 19.1 Å². The number of nitrogens with two attached hydrogens (primary N) is 1. The average Bonchev–Trinajstić information content (AvgIpc) is 3.27. The Hall–Kier alpha value is -2.08. The van der Waals surface area contributed by atoms with Crippen LogP contribution in [0.1, 0.15) is 55.4 Å². The fourth-order valence-corrected chi connectivity index (χ4v) is 3.38. The minimum atomic E-state index is -1.33. The van der Waals surface area contributed by atoms with Crippen LogP contribution in [0.3, 0.4) is 0 Å². The Labute approximate surface area is 161 Å². The van der Waals surface area contributed by atoms with Gasteiger partial charge in [-0.05, 0) is 12.8 Å². The van der Waals surface area contributed by atoms with E-state index < -0.39 is 36.4 Å². The summed E-state index contributed by atoms with van der Waals surface area (Å²) in [6.07, 6.45) is 2.43. The summed E-state index contributed by atoms with van der Waals surface area (Å²) in [5, 5.41) is 24.1. The summed E-state index contributed by atoms with van der Waals surface area (Å²) in [6, 6.07) is 0. The van der Waals surface area contributed by atoms with Crippen molar-refractivity contribution in [3.05, 3.63) is 12.2 Å². The van der Waals surface area contributed by atoms with Crippen LogP contribution in [-0.2, 0) is 19.0 Å². The third kappa shape index (κ3) is 5.04. The Morgan fingerprint density at radius 2 is 2.00 bits per heavy atom. The van der Waals surface area contributed by atoms with Crippen molar-refractivity contribution in [3.63, 3.8) is 0 Å². The van der Waals surface area contributed by atoms with Gasteiger partial charge < -0.3 is 30.2 Å². The van der Waals surface area contributed by atoms with Gasteiger partial charge in [-0.15, -0.1) is 5.10 Å². The maximum atomic E-state index is 11.9. The van der Waals surface area contributed by atoms with E-state index in [1.165, 1.54) is 6.42 Å². The highest BCUT2D eigenvalue weighted by Crippen LogP contribution is 2.29. The lowest BCUT2D eigenvalue weighted by molar-refractivity contribution is -0.152. The van der Waals surface area contributed by atoms with Gasteiger partial charge in [-0.3, -0.25) is 9.59 Å². The quantitative estimate of drug-likeness (QED) is 0.480. The van der Waals surface area contributed by atoms with Gasteiger partial charge in [0.1, 0.15) is 31.2 Å². The van der Waals surface area contributed by atoms with Gasteiger partial charge in [-0.1, -0.05) is 19.3 Å². The number of nitrogens with zero attached hydrogens (tertiary/aromatic N) is 3. The number of aliphatic hydroxyl groups is 2. The molecule has 0 radical (unpaired) electrons. The molecule has 0 aromatic carbocycles. The minimum absolute atomic E-state index is 0.107. The Morgan fingerprint density at radius 1 is 1.25 bits per heavy atom. The summed E-state index contributed by atoms with van der Waals surface area (Å²) in [5.74, 6) is -1.54. The average molecular weight is 398 g/mol. The van der Waals surface area contributed by atoms with Crippen LogP contribution in [0.4, 0.5) is 0 Å². The van der Waals surface area contributed by atoms with Crippen LogP contribution in [0, 0.1) is 0 Å². The van der Waals surface area contributed by atoms with Crippen molar-refractivity contribution in [2.75, 3.05) is 13.2 Å². The van der Waals surface area contributed by atoms with E-state index in [0.29, 0.717) is 0 Å². The third-order valence-electron chi connectivity index (χ3n) is 4.95. The predicted octanol–water partition coefficient (Wildman–Crippen LogP) is -0.721. The zero-order valence-corrected chi connectivity index (χ0v) is 15.5. The summed E-state index contributed by atoms with van der Waals surface area (Å²) in [5.41, 5.74) is 5.09. The maximum absolute atomic E-state index is 11.9. The van der Waals surface area contributed by atoms with Gasteiger partial charge in [-0.25, -0.2) is 9.67 Å². The molecular formula is C17H26N4O7. The number of carbonyl (C=O) groups excluding carboxylic acids is 2. The molecule has 28 heavy (non-hydrogen) atoms. The molecule has 3 rings (SSSR count). The molecule has 2 heterocycles. The van der Waals surface area contributed by atoms with Crippen molar-refractivity contribution < 1.29 is 34.0 Å². The van der Waals surface area contributed by atoms with Gasteiger partial charge in [0.2, 0.25) is 5.82 Å². The number of amides is 1. The van der Waals surface area contributed by atoms with Crippen molar-refractivity contribution in [2.45, 2.75) is 69.2 Å². The molecule has 1 amide bonds. The molecule has 4 atom stereocenters. The molecule has 4 N–H and O–H groups in total. The molecule has 1 saturated heterocycles. The molecule has 11 heteroatoms. The topological polar surface area (TPSA) is 159 Å². The fraction of sp³-hybridized carbons (Fsp3) is 0.765. The minimum Gasteiger partial charge on any atom is -0.463 e. The lowest BCUT2D eigenvalue weighted by Crippen LogP contribution is -2.34. The largest absolute Gasteiger partial charge is 0.463 e. The monoisotopic (exact) mass is 398 g/mol. The highest BCUT2D eigenvalue weighted by molar-refractivity contribution is 5.88. The van der Waals surface area contributed by atoms with Crippen LogP contribution in [0.15, 0.2) is 6.33 Å². The van der Waals surface area contributed by atoms with Crippen molar-refractivity contribution >= 4 is 11.9 Å². The molecule has 0 spiro atoms. The smallest absolute Gasteiger partial charge is 0.308 e. The standard InChI is InChI=1S/C17H26N4O7/c18-15(25)16-19-9-21(20-16)17-14(24)13(23)11(28-17)8-27-12(22)6-7-26-10-4-2-1-3-5-10/h9-11,13-14,17,23-24H,1-8H2,(H2,18,25)/t11?,13-,14-,17?/m1/s1. The second-order valence-electron chi connectivity index (χ2n) is 7.02. The Kier molecular flexibility index (Phi) is 6.94. The fourth-order valence-electron chi connectivity index (χ4n) is 3.38. The number of esters is 1. The molecule has 1 aliphatic heterocycles. The number of primary amides is 1. The molecule has 1 aromatic rings. The first-order chi connectivity index (χ1) is 13.5. The summed E-state index contributed by atoms with van der Waals surface area (Å²) >= 11 is 0. The number of aliphatic hydroxyl groups excluding tert-OH is 2. The highest BCUT2D eigenvalue weighted by atomic mass is 16.6. The number of carbonyl (C=O) groups is 2. The normalized spacial score (nSPS) is 28.4. The lowest BCUT2D eigenvalue weighted by atomic mass is 9.98. The van der Waals surface area contributed by atoms with Crippen LogP contribution in [0.25, 0.3) is 0 Å². The Morgan fingerprint density at radius 3 is 2.68 bits per heavy atom. The van der Waals surface area contributed by atoms with E-state index in [0.717, 1.165) is 36.7 Å². The van der Waals surface area contributed by atoms with Crippen LogP contribution in [-0.4, -0.2) is 74.5 Å². The number of hydrogen-bond donors (Lipinski definition) is 3. The lowest BCUT2D eigenvalue weighted by Gasteiger charge is -2.21. The summed E-state index contributed by atoms with van der Waals surface area (Å²) < 4.78 is 17.4. The number of ether oxygens (including phenoxy) is 3. The van der Waals surface area contributed by atoms with Crippen LogP contribution in [0.2, 0.25) is 0 Å². The summed E-state index contributed by atoms with van der Waals surface area (Å²) in [7, 11) is 0. The van der Waals surface area contributed by atoms with Crippen LogP contribution in [0.5, 0.6) is 0 Å². The van der Waals surface area contributed by atoms with E-state index in [4.69, 9.17) is 19.9 Å². The Bertz CT molecular complexity index is 676. The second-order valence-corrected chi connectivity index (χ2v) is 7.02. The third-order valence-corrected chi connectivity index (χ3v) is 4.95. The molecule has 2 aliphatic rings. The molecule has 1 aromatic heterocycles. The zero-order valence-electron chi connectivity index (χ0n) is 15.5. The molecular weight excluding hydrogens is 372 g/mol. The van der Waals surface area contributed by atoms with E-state index in [9.17, 15) is 19.8 Å². The summed E-state index contributed by atoms with van der Waals surface area (Å²) in [4.78, 5) is 26.6. The SMILES string of the molecule is NC(=O)c1ncn(C2OC(COC(=O)CCOC3CCCCC3)[C@@H](O)[C@H]2O)n1. The number of hydrogen-bond acceptors (Lipinski definition) is 9. The highest BCUT2D eigenvalue weighted by Gasteiger charge is 2.45. The Balaban J connectivity index is 1.42. The van der Waals surface area contributed by atoms with Crippen LogP contribution < -0.4 is 5.73 Å². The second kappa shape index (κ2) is 9.41. The molecule has 0 bridgehead atoms. The number of aromatic nitrogens is 3. The first-order valence-electron chi connectivity index (χ1n) is 9.45. The van der Waals surface area contributed by atoms with Gasteiger partial charge in [0.15, 0.2) is 6.23 Å². The van der Waals surface area contributed by atoms with Gasteiger partial charge in [-0.2, -0.15) is 0 Å². The molecule has 2 fully saturated rings. The van der Waals surface area contributed by atoms with E-state index in [-0.39, 0.29) is 31.6 Å². The maximum Gasteiger partial charge on any atom is 0.308 e. The van der Waals surface area contributed by atoms with Crippen molar-refractivity contribution in [3.8, 4) is 0 Å². The zero-order chi connectivity index (χ0) is 20.1. The molecule has 2 unspecified atom stereocenters. The molecule has 156 valence electrons. The van der Waals surface area contributed by atoms with Crippen molar-refractivity contribution in [1.82, 2.24) is 14.8 Å². The molecule has 11 nitrogen and oxygen atoms in total. The molecule has 1 saturated carbocycles. The molecule has 1 aliphatic carbocycles. The first kappa shape index (κ1) is 20.6. The van der Waals surface area contributed by atoms with Gasteiger partial charge in [0.25, 0.3) is 5.91 Å². The van der Waals surface area contributed by atoms with E-state index >= 15 is 0 Å². The predicted molar refractivity (Wildman–Crippen MR) is 92.9 cm³/mol. The first-order valence-corrected chi connectivity index (χ1v) is 9.45. The van der Waals surface area contributed by atoms with Gasteiger partial charge >= 0.3 is 5.97 Å². The summed E-state index contributed by atoms with van der Waals surface area (Å²) in [6.45, 7) is 0.0615. The van der Waals surface area contributed by atoms with E-state index in [1.807, 2.05) is 0 Å².